The summed E-state index contributed by atoms with van der Waals surface area (Å²) in [7, 11) is 0. The first-order valence-electron chi connectivity index (χ1n) is 7.14. The molecule has 0 amide bonds. The van der Waals surface area contributed by atoms with Crippen LogP contribution in [-0.4, -0.2) is 53.3 Å². The van der Waals surface area contributed by atoms with Gasteiger partial charge in [0.2, 0.25) is 0 Å². The maximum absolute atomic E-state index is 11.0. The van der Waals surface area contributed by atoms with Crippen LogP contribution >= 0.6 is 11.8 Å². The number of aliphatic carboxylic acids is 1. The van der Waals surface area contributed by atoms with E-state index in [4.69, 9.17) is 14.6 Å². The Morgan fingerprint density at radius 1 is 1.33 bits per heavy atom. The smallest absolute Gasteiger partial charge is 0.304 e. The molecule has 2 aliphatic rings. The van der Waals surface area contributed by atoms with Gasteiger partial charge in [0, 0.05) is 30.6 Å². The van der Waals surface area contributed by atoms with Crippen LogP contribution in [0.5, 0.6) is 11.5 Å². The summed E-state index contributed by atoms with van der Waals surface area (Å²) in [5, 5.41) is 9.04. The molecule has 2 heterocycles. The summed E-state index contributed by atoms with van der Waals surface area (Å²) in [6.07, 6.45) is 0.206. The van der Waals surface area contributed by atoms with E-state index >= 15 is 0 Å². The van der Waals surface area contributed by atoms with Gasteiger partial charge in [0.1, 0.15) is 13.2 Å². The topological polar surface area (TPSA) is 59.0 Å². The first kappa shape index (κ1) is 14.5. The lowest BCUT2D eigenvalue weighted by molar-refractivity contribution is -0.138. The molecular formula is C15H19NO4S. The molecule has 1 saturated heterocycles. The number of fused-ring (bicyclic) bond motifs is 1. The minimum absolute atomic E-state index is 0.106. The van der Waals surface area contributed by atoms with Crippen molar-refractivity contribution in [2.24, 2.45) is 0 Å². The van der Waals surface area contributed by atoms with Crippen molar-refractivity contribution in [3.8, 4) is 11.5 Å². The molecule has 1 atom stereocenters. The van der Waals surface area contributed by atoms with E-state index in [9.17, 15) is 4.79 Å². The van der Waals surface area contributed by atoms with Gasteiger partial charge in [0.05, 0.1) is 6.42 Å². The number of carboxylic acids is 1. The normalized spacial score (nSPS) is 22.0. The molecule has 2 aliphatic heterocycles. The summed E-state index contributed by atoms with van der Waals surface area (Å²) in [6, 6.07) is 6.09. The van der Waals surface area contributed by atoms with Crippen LogP contribution in [0.3, 0.4) is 0 Å². The second kappa shape index (κ2) is 6.58. The van der Waals surface area contributed by atoms with E-state index in [0.717, 1.165) is 41.7 Å². The monoisotopic (exact) mass is 309 g/mol. The molecule has 6 heteroatoms. The predicted molar refractivity (Wildman–Crippen MR) is 81.2 cm³/mol. The maximum Gasteiger partial charge on any atom is 0.304 e. The van der Waals surface area contributed by atoms with Gasteiger partial charge in [-0.15, -0.1) is 0 Å². The summed E-state index contributed by atoms with van der Waals surface area (Å²) in [5.74, 6) is 2.80. The van der Waals surface area contributed by atoms with Crippen LogP contribution < -0.4 is 9.47 Å². The van der Waals surface area contributed by atoms with E-state index in [1.165, 1.54) is 0 Å². The van der Waals surface area contributed by atoms with E-state index in [1.54, 1.807) is 0 Å². The Morgan fingerprint density at radius 2 is 2.14 bits per heavy atom. The van der Waals surface area contributed by atoms with Crippen LogP contribution in [0.2, 0.25) is 0 Å². The quantitative estimate of drug-likeness (QED) is 0.916. The zero-order valence-electron chi connectivity index (χ0n) is 11.8. The Bertz CT molecular complexity index is 522. The fourth-order valence-corrected chi connectivity index (χ4v) is 3.84. The highest BCUT2D eigenvalue weighted by molar-refractivity contribution is 7.99. The molecule has 0 aromatic heterocycles. The van der Waals surface area contributed by atoms with Crippen LogP contribution in [0.15, 0.2) is 18.2 Å². The van der Waals surface area contributed by atoms with E-state index < -0.39 is 5.97 Å². The number of rotatable bonds is 4. The molecule has 5 nitrogen and oxygen atoms in total. The zero-order valence-corrected chi connectivity index (χ0v) is 12.6. The van der Waals surface area contributed by atoms with Gasteiger partial charge in [0.15, 0.2) is 11.5 Å². The van der Waals surface area contributed by atoms with E-state index in [-0.39, 0.29) is 12.5 Å². The van der Waals surface area contributed by atoms with Gasteiger partial charge in [0.25, 0.3) is 0 Å². The molecule has 1 N–H and O–H groups in total. The third kappa shape index (κ3) is 3.63. The highest BCUT2D eigenvalue weighted by atomic mass is 32.2. The lowest BCUT2D eigenvalue weighted by Gasteiger charge is -2.34. The molecule has 3 rings (SSSR count). The highest BCUT2D eigenvalue weighted by Gasteiger charge is 2.25. The van der Waals surface area contributed by atoms with Gasteiger partial charge in [-0.2, -0.15) is 11.8 Å². The second-order valence-electron chi connectivity index (χ2n) is 5.28. The van der Waals surface area contributed by atoms with Gasteiger partial charge >= 0.3 is 5.97 Å². The van der Waals surface area contributed by atoms with Crippen molar-refractivity contribution in [2.75, 3.05) is 31.3 Å². The Hall–Kier alpha value is -1.40. The number of nitrogens with zero attached hydrogens (tertiary/aromatic N) is 1. The van der Waals surface area contributed by atoms with Crippen molar-refractivity contribution < 1.29 is 19.4 Å². The number of hydrogen-bond acceptors (Lipinski definition) is 5. The molecule has 1 aromatic rings. The average molecular weight is 309 g/mol. The molecule has 0 spiro atoms. The Balaban J connectivity index is 1.70. The van der Waals surface area contributed by atoms with Crippen LogP contribution in [-0.2, 0) is 11.3 Å². The predicted octanol–water partition coefficient (Wildman–Crippen LogP) is 1.85. The van der Waals surface area contributed by atoms with Gasteiger partial charge in [-0.1, -0.05) is 6.07 Å². The summed E-state index contributed by atoms with van der Waals surface area (Å²) < 4.78 is 11.1. The maximum atomic E-state index is 11.0. The van der Waals surface area contributed by atoms with Gasteiger partial charge in [-0.3, -0.25) is 9.69 Å². The van der Waals surface area contributed by atoms with Crippen molar-refractivity contribution in [3.63, 3.8) is 0 Å². The summed E-state index contributed by atoms with van der Waals surface area (Å²) in [6.45, 7) is 2.86. The van der Waals surface area contributed by atoms with Crippen molar-refractivity contribution in [2.45, 2.75) is 19.0 Å². The summed E-state index contributed by atoms with van der Waals surface area (Å²) in [4.78, 5) is 13.2. The van der Waals surface area contributed by atoms with Gasteiger partial charge in [-0.05, 0) is 17.7 Å². The Labute approximate surface area is 128 Å². The van der Waals surface area contributed by atoms with Crippen molar-refractivity contribution in [1.29, 1.82) is 0 Å². The SMILES string of the molecule is O=C(O)CC1CSCCN1Cc1ccc2c(c1)OCCO2. The molecule has 1 fully saturated rings. The number of hydrogen-bond donors (Lipinski definition) is 1. The molecule has 0 bridgehead atoms. The minimum Gasteiger partial charge on any atom is -0.486 e. The van der Waals surface area contributed by atoms with Crippen molar-refractivity contribution in [3.05, 3.63) is 23.8 Å². The van der Waals surface area contributed by atoms with Crippen LogP contribution in [0.1, 0.15) is 12.0 Å². The fraction of sp³-hybridized carbons (Fsp3) is 0.533. The lowest BCUT2D eigenvalue weighted by Crippen LogP contribution is -2.42. The Morgan fingerprint density at radius 3 is 2.95 bits per heavy atom. The third-order valence-corrected chi connectivity index (χ3v) is 4.84. The lowest BCUT2D eigenvalue weighted by atomic mass is 10.1. The summed E-state index contributed by atoms with van der Waals surface area (Å²) >= 11 is 1.83. The molecule has 0 radical (unpaired) electrons. The molecule has 1 unspecified atom stereocenters. The van der Waals surface area contributed by atoms with Crippen LogP contribution in [0.25, 0.3) is 0 Å². The molecule has 0 aliphatic carbocycles. The molecule has 21 heavy (non-hydrogen) atoms. The first-order valence-corrected chi connectivity index (χ1v) is 8.30. The van der Waals surface area contributed by atoms with E-state index in [1.807, 2.05) is 30.0 Å². The number of thioether (sulfide) groups is 1. The standard InChI is InChI=1S/C15H19NO4S/c17-15(18)8-12-10-21-6-3-16(12)9-11-1-2-13-14(7-11)20-5-4-19-13/h1-2,7,12H,3-6,8-10H2,(H,17,18). The largest absolute Gasteiger partial charge is 0.486 e. The third-order valence-electron chi connectivity index (χ3n) is 3.75. The highest BCUT2D eigenvalue weighted by Crippen LogP contribution is 2.31. The minimum atomic E-state index is -0.727. The number of ether oxygens (including phenoxy) is 2. The number of benzene rings is 1. The van der Waals surface area contributed by atoms with Gasteiger partial charge < -0.3 is 14.6 Å². The Kier molecular flexibility index (Phi) is 4.55. The number of carboxylic acid groups (broad SMARTS) is 1. The fourth-order valence-electron chi connectivity index (χ4n) is 2.71. The molecule has 114 valence electrons. The molecule has 0 saturated carbocycles. The molecule has 1 aromatic carbocycles. The van der Waals surface area contributed by atoms with Crippen molar-refractivity contribution in [1.82, 2.24) is 4.90 Å². The molecular weight excluding hydrogens is 290 g/mol. The average Bonchev–Trinajstić information content (AvgIpc) is 2.49. The number of carbonyl (C=O) groups is 1. The summed E-state index contributed by atoms with van der Waals surface area (Å²) in [5.41, 5.74) is 1.14. The van der Waals surface area contributed by atoms with Crippen LogP contribution in [0.4, 0.5) is 0 Å². The van der Waals surface area contributed by atoms with Gasteiger partial charge in [-0.25, -0.2) is 0 Å². The second-order valence-corrected chi connectivity index (χ2v) is 6.42. The van der Waals surface area contributed by atoms with E-state index in [2.05, 4.69) is 4.90 Å². The van der Waals surface area contributed by atoms with Crippen molar-refractivity contribution >= 4 is 17.7 Å². The zero-order chi connectivity index (χ0) is 14.7. The van der Waals surface area contributed by atoms with E-state index in [0.29, 0.717) is 13.2 Å². The first-order chi connectivity index (χ1) is 10.2. The van der Waals surface area contributed by atoms with Crippen LogP contribution in [0, 0.1) is 0 Å².